The summed E-state index contributed by atoms with van der Waals surface area (Å²) in [6.45, 7) is 10.2. The quantitative estimate of drug-likeness (QED) is 0.818. The molecule has 19 heavy (non-hydrogen) atoms. The molecule has 0 aliphatic heterocycles. The Hall–Kier alpha value is -1.63. The van der Waals surface area contributed by atoms with Gasteiger partial charge in [0.2, 0.25) is 0 Å². The van der Waals surface area contributed by atoms with Crippen LogP contribution in [0.5, 0.6) is 5.75 Å². The lowest BCUT2D eigenvalue weighted by Gasteiger charge is -2.56. The number of hydrogen-bond acceptors (Lipinski definition) is 3. The van der Waals surface area contributed by atoms with Crippen molar-refractivity contribution in [2.75, 3.05) is 0 Å². The van der Waals surface area contributed by atoms with Crippen LogP contribution in [0.3, 0.4) is 0 Å². The highest BCUT2D eigenvalue weighted by atomic mass is 19.1. The average Bonchev–Trinajstić information content (AvgIpc) is 2.29. The molecular weight excluding hydrogens is 243 g/mol. The Balaban J connectivity index is 2.31. The van der Waals surface area contributed by atoms with Gasteiger partial charge >= 0.3 is 0 Å². The molecule has 3 nitrogen and oxygen atoms in total. The van der Waals surface area contributed by atoms with Crippen LogP contribution >= 0.6 is 0 Å². The topological polar surface area (TPSA) is 45.9 Å². The maximum Gasteiger partial charge on any atom is 0.176 e. The minimum Gasteiger partial charge on any atom is -0.487 e. The Morgan fingerprint density at radius 1 is 1.37 bits per heavy atom. The summed E-state index contributed by atoms with van der Waals surface area (Å²) in [5, 5.41) is 8.75. The lowest BCUT2D eigenvalue weighted by atomic mass is 9.53. The fourth-order valence-electron chi connectivity index (χ4n) is 3.49. The second-order valence-corrected chi connectivity index (χ2v) is 6.67. The van der Waals surface area contributed by atoms with Crippen LogP contribution in [0.4, 0.5) is 4.39 Å². The summed E-state index contributed by atoms with van der Waals surface area (Å²) in [7, 11) is 0. The first-order valence-corrected chi connectivity index (χ1v) is 6.41. The molecule has 0 amide bonds. The van der Waals surface area contributed by atoms with E-state index in [1.165, 1.54) is 6.20 Å². The Labute approximate surface area is 113 Å². The van der Waals surface area contributed by atoms with E-state index >= 15 is 0 Å². The SMILES string of the molecule is Cc1c(OC2C(C)(C)CC2(C)C)cnc(C#N)c1F. The maximum absolute atomic E-state index is 13.9. The van der Waals surface area contributed by atoms with Crippen LogP contribution in [0.1, 0.15) is 45.4 Å². The van der Waals surface area contributed by atoms with E-state index in [0.717, 1.165) is 6.42 Å². The zero-order chi connectivity index (χ0) is 14.4. The first-order chi connectivity index (χ1) is 8.69. The minimum atomic E-state index is -0.588. The molecule has 4 heteroatoms. The van der Waals surface area contributed by atoms with Crippen molar-refractivity contribution in [2.45, 2.75) is 47.1 Å². The molecule has 0 unspecified atom stereocenters. The number of nitriles is 1. The van der Waals surface area contributed by atoms with Gasteiger partial charge in [-0.1, -0.05) is 27.7 Å². The molecule has 1 fully saturated rings. The molecule has 1 saturated carbocycles. The second-order valence-electron chi connectivity index (χ2n) is 6.67. The number of pyridine rings is 1. The van der Waals surface area contributed by atoms with Crippen molar-refractivity contribution in [2.24, 2.45) is 10.8 Å². The smallest absolute Gasteiger partial charge is 0.176 e. The summed E-state index contributed by atoms with van der Waals surface area (Å²) < 4.78 is 19.8. The molecule has 1 aliphatic carbocycles. The van der Waals surface area contributed by atoms with Crippen LogP contribution in [-0.4, -0.2) is 11.1 Å². The molecule has 1 aliphatic rings. The monoisotopic (exact) mass is 262 g/mol. The van der Waals surface area contributed by atoms with Crippen molar-refractivity contribution in [3.63, 3.8) is 0 Å². The van der Waals surface area contributed by atoms with Gasteiger partial charge in [-0.15, -0.1) is 0 Å². The third-order valence-corrected chi connectivity index (χ3v) is 3.90. The molecule has 2 rings (SSSR count). The summed E-state index contributed by atoms with van der Waals surface area (Å²) in [5.74, 6) is -0.155. The van der Waals surface area contributed by atoms with Gasteiger partial charge in [0.15, 0.2) is 11.5 Å². The number of hydrogen-bond donors (Lipinski definition) is 0. The third kappa shape index (κ3) is 2.18. The van der Waals surface area contributed by atoms with Crippen LogP contribution in [0.25, 0.3) is 0 Å². The van der Waals surface area contributed by atoms with Gasteiger partial charge in [0.25, 0.3) is 0 Å². The van der Waals surface area contributed by atoms with Gasteiger partial charge < -0.3 is 4.74 Å². The van der Waals surface area contributed by atoms with E-state index in [-0.39, 0.29) is 22.6 Å². The van der Waals surface area contributed by atoms with E-state index in [0.29, 0.717) is 11.3 Å². The van der Waals surface area contributed by atoms with E-state index in [2.05, 4.69) is 32.7 Å². The molecule has 1 heterocycles. The molecule has 1 aromatic heterocycles. The first kappa shape index (κ1) is 13.8. The average molecular weight is 262 g/mol. The molecule has 0 radical (unpaired) electrons. The molecule has 0 spiro atoms. The number of halogens is 1. The standard InChI is InChI=1S/C15H19FN2O/c1-9-11(7-18-10(6-17)12(9)16)19-13-14(2,3)8-15(13,4)5/h7,13H,8H2,1-5H3. The highest BCUT2D eigenvalue weighted by Gasteiger charge is 2.55. The van der Waals surface area contributed by atoms with E-state index in [9.17, 15) is 4.39 Å². The van der Waals surface area contributed by atoms with Crippen molar-refractivity contribution < 1.29 is 9.13 Å². The fourth-order valence-corrected chi connectivity index (χ4v) is 3.49. The normalized spacial score (nSPS) is 20.5. The summed E-state index contributed by atoms with van der Waals surface area (Å²) in [6, 6.07) is 1.74. The van der Waals surface area contributed by atoms with Gasteiger partial charge in [-0.25, -0.2) is 9.37 Å². The number of aromatic nitrogens is 1. The van der Waals surface area contributed by atoms with Gasteiger partial charge in [0, 0.05) is 16.4 Å². The summed E-state index contributed by atoms with van der Waals surface area (Å²) in [4.78, 5) is 3.80. The van der Waals surface area contributed by atoms with Crippen molar-refractivity contribution in [3.05, 3.63) is 23.3 Å². The van der Waals surface area contributed by atoms with Crippen molar-refractivity contribution in [1.82, 2.24) is 4.98 Å². The summed E-state index contributed by atoms with van der Waals surface area (Å²) in [6.07, 6.45) is 2.53. The number of ether oxygens (including phenoxy) is 1. The largest absolute Gasteiger partial charge is 0.487 e. The zero-order valence-electron chi connectivity index (χ0n) is 12.0. The molecule has 0 aromatic carbocycles. The van der Waals surface area contributed by atoms with Crippen LogP contribution in [-0.2, 0) is 0 Å². The van der Waals surface area contributed by atoms with Gasteiger partial charge in [0.05, 0.1) is 6.20 Å². The number of rotatable bonds is 2. The molecule has 0 bridgehead atoms. The lowest BCUT2D eigenvalue weighted by Crippen LogP contribution is -2.58. The lowest BCUT2D eigenvalue weighted by molar-refractivity contribution is -0.134. The van der Waals surface area contributed by atoms with Crippen LogP contribution < -0.4 is 4.74 Å². The molecule has 0 atom stereocenters. The minimum absolute atomic E-state index is 0.0211. The molecular formula is C15H19FN2O. The van der Waals surface area contributed by atoms with E-state index < -0.39 is 5.82 Å². The number of nitrogens with zero attached hydrogens (tertiary/aromatic N) is 2. The van der Waals surface area contributed by atoms with Crippen LogP contribution in [0.2, 0.25) is 0 Å². The molecule has 0 N–H and O–H groups in total. The van der Waals surface area contributed by atoms with Crippen LogP contribution in [0.15, 0.2) is 6.20 Å². The highest BCUT2D eigenvalue weighted by Crippen LogP contribution is 2.55. The van der Waals surface area contributed by atoms with E-state index in [1.807, 2.05) is 0 Å². The molecule has 102 valence electrons. The van der Waals surface area contributed by atoms with Crippen molar-refractivity contribution in [3.8, 4) is 11.8 Å². The van der Waals surface area contributed by atoms with E-state index in [1.54, 1.807) is 13.0 Å². The van der Waals surface area contributed by atoms with Gasteiger partial charge in [-0.2, -0.15) is 5.26 Å². The van der Waals surface area contributed by atoms with Gasteiger partial charge in [-0.05, 0) is 13.3 Å². The maximum atomic E-state index is 13.9. The van der Waals surface area contributed by atoms with E-state index in [4.69, 9.17) is 10.00 Å². The van der Waals surface area contributed by atoms with Gasteiger partial charge in [-0.3, -0.25) is 0 Å². The molecule has 0 saturated heterocycles. The zero-order valence-corrected chi connectivity index (χ0v) is 12.0. The van der Waals surface area contributed by atoms with Crippen molar-refractivity contribution in [1.29, 1.82) is 5.26 Å². The Morgan fingerprint density at radius 3 is 2.42 bits per heavy atom. The van der Waals surface area contributed by atoms with Crippen LogP contribution in [0, 0.1) is 34.9 Å². The Morgan fingerprint density at radius 2 is 1.95 bits per heavy atom. The first-order valence-electron chi connectivity index (χ1n) is 6.41. The van der Waals surface area contributed by atoms with Gasteiger partial charge in [0.1, 0.15) is 17.9 Å². The Kier molecular flexibility index (Phi) is 3.04. The fraction of sp³-hybridized carbons (Fsp3) is 0.600. The highest BCUT2D eigenvalue weighted by molar-refractivity contribution is 5.37. The predicted octanol–water partition coefficient (Wildman–Crippen LogP) is 3.60. The second kappa shape index (κ2) is 4.19. The summed E-state index contributed by atoms with van der Waals surface area (Å²) in [5.41, 5.74) is 0.308. The summed E-state index contributed by atoms with van der Waals surface area (Å²) >= 11 is 0. The van der Waals surface area contributed by atoms with Crippen molar-refractivity contribution >= 4 is 0 Å². The molecule has 1 aromatic rings. The Bertz CT molecular complexity index is 544. The third-order valence-electron chi connectivity index (χ3n) is 3.90. The predicted molar refractivity (Wildman–Crippen MR) is 70.2 cm³/mol.